The smallest absolute Gasteiger partial charge is 0.129 e. The zero-order valence-electron chi connectivity index (χ0n) is 10.3. The van der Waals surface area contributed by atoms with E-state index in [4.69, 9.17) is 11.6 Å². The van der Waals surface area contributed by atoms with Gasteiger partial charge >= 0.3 is 0 Å². The standard InChI is InChI=1S/C12H16ClN5/c1-17-10(13)6-16-12(17)8-18-5-4-14-11(18)7-15-9-2-3-9/h4-6,9,15H,2-3,7-8H2,1H3. The first-order valence-corrected chi connectivity index (χ1v) is 6.51. The molecule has 2 heterocycles. The summed E-state index contributed by atoms with van der Waals surface area (Å²) in [6.45, 7) is 1.51. The van der Waals surface area contributed by atoms with Gasteiger partial charge in [-0.15, -0.1) is 0 Å². The zero-order chi connectivity index (χ0) is 12.5. The summed E-state index contributed by atoms with van der Waals surface area (Å²) in [4.78, 5) is 8.68. The lowest BCUT2D eigenvalue weighted by molar-refractivity contribution is 0.602. The highest BCUT2D eigenvalue weighted by Gasteiger charge is 2.20. The topological polar surface area (TPSA) is 47.7 Å². The summed E-state index contributed by atoms with van der Waals surface area (Å²) in [5.41, 5.74) is 0. The molecule has 6 heteroatoms. The Morgan fingerprint density at radius 2 is 2.22 bits per heavy atom. The normalized spacial score (nSPS) is 15.2. The van der Waals surface area contributed by atoms with E-state index < -0.39 is 0 Å². The lowest BCUT2D eigenvalue weighted by atomic mass is 10.5. The van der Waals surface area contributed by atoms with Crippen LogP contribution in [0.2, 0.25) is 5.15 Å². The molecule has 2 aromatic rings. The molecule has 1 aliphatic carbocycles. The summed E-state index contributed by atoms with van der Waals surface area (Å²) in [5, 5.41) is 4.12. The number of rotatable bonds is 5. The van der Waals surface area contributed by atoms with Crippen LogP contribution in [0.4, 0.5) is 0 Å². The minimum absolute atomic E-state index is 0.655. The molecule has 0 spiro atoms. The van der Waals surface area contributed by atoms with Gasteiger partial charge in [0, 0.05) is 25.5 Å². The maximum absolute atomic E-state index is 5.98. The Bertz CT molecular complexity index is 540. The van der Waals surface area contributed by atoms with Gasteiger partial charge in [-0.1, -0.05) is 11.6 Å². The molecule has 0 aliphatic heterocycles. The molecule has 1 fully saturated rings. The van der Waals surface area contributed by atoms with Gasteiger partial charge in [0.25, 0.3) is 0 Å². The molecule has 0 saturated heterocycles. The van der Waals surface area contributed by atoms with Crippen molar-refractivity contribution in [2.45, 2.75) is 32.0 Å². The van der Waals surface area contributed by atoms with Crippen LogP contribution in [0.15, 0.2) is 18.6 Å². The minimum atomic E-state index is 0.655. The molecule has 0 unspecified atom stereocenters. The van der Waals surface area contributed by atoms with Crippen molar-refractivity contribution < 1.29 is 0 Å². The number of halogens is 1. The average Bonchev–Trinajstić information content (AvgIpc) is 3.02. The lowest BCUT2D eigenvalue weighted by Crippen LogP contribution is -2.19. The SMILES string of the molecule is Cn1c(Cl)cnc1Cn1ccnc1CNC1CC1. The van der Waals surface area contributed by atoms with Crippen molar-refractivity contribution >= 4 is 11.6 Å². The van der Waals surface area contributed by atoms with Gasteiger partial charge in [0.1, 0.15) is 16.8 Å². The van der Waals surface area contributed by atoms with Crippen LogP contribution in [0.5, 0.6) is 0 Å². The maximum Gasteiger partial charge on any atom is 0.129 e. The Morgan fingerprint density at radius 1 is 1.39 bits per heavy atom. The maximum atomic E-state index is 5.98. The van der Waals surface area contributed by atoms with E-state index in [1.807, 2.05) is 24.0 Å². The molecule has 0 amide bonds. The largest absolute Gasteiger partial charge is 0.326 e. The van der Waals surface area contributed by atoms with E-state index in [0.29, 0.717) is 17.7 Å². The predicted octanol–water partition coefficient (Wildman–Crippen LogP) is 1.57. The highest BCUT2D eigenvalue weighted by Crippen LogP contribution is 2.19. The van der Waals surface area contributed by atoms with Crippen LogP contribution in [-0.2, 0) is 20.1 Å². The Kier molecular flexibility index (Phi) is 3.09. The van der Waals surface area contributed by atoms with Gasteiger partial charge in [-0.2, -0.15) is 0 Å². The van der Waals surface area contributed by atoms with Gasteiger partial charge < -0.3 is 14.5 Å². The number of imidazole rings is 2. The average molecular weight is 266 g/mol. The summed E-state index contributed by atoms with van der Waals surface area (Å²) in [7, 11) is 1.92. The molecule has 1 aliphatic rings. The molecule has 0 bridgehead atoms. The Labute approximate surface area is 111 Å². The van der Waals surface area contributed by atoms with Crippen molar-refractivity contribution in [2.75, 3.05) is 0 Å². The van der Waals surface area contributed by atoms with Crippen molar-refractivity contribution in [1.82, 2.24) is 24.4 Å². The first-order chi connectivity index (χ1) is 8.74. The molecular formula is C12H16ClN5. The number of hydrogen-bond acceptors (Lipinski definition) is 3. The second kappa shape index (κ2) is 4.74. The van der Waals surface area contributed by atoms with Gasteiger partial charge in [0.05, 0.1) is 19.3 Å². The van der Waals surface area contributed by atoms with Crippen molar-refractivity contribution in [1.29, 1.82) is 0 Å². The van der Waals surface area contributed by atoms with E-state index in [2.05, 4.69) is 19.9 Å². The van der Waals surface area contributed by atoms with Gasteiger partial charge in [-0.25, -0.2) is 9.97 Å². The molecule has 1 saturated carbocycles. The van der Waals surface area contributed by atoms with Crippen LogP contribution in [0.1, 0.15) is 24.5 Å². The van der Waals surface area contributed by atoms with E-state index in [-0.39, 0.29) is 0 Å². The predicted molar refractivity (Wildman–Crippen MR) is 69.4 cm³/mol. The van der Waals surface area contributed by atoms with Crippen LogP contribution in [0, 0.1) is 0 Å². The van der Waals surface area contributed by atoms with Gasteiger partial charge in [-0.05, 0) is 12.8 Å². The Balaban J connectivity index is 1.71. The third-order valence-corrected chi connectivity index (χ3v) is 3.62. The van der Waals surface area contributed by atoms with Gasteiger partial charge in [-0.3, -0.25) is 0 Å². The first kappa shape index (κ1) is 11.7. The van der Waals surface area contributed by atoms with E-state index >= 15 is 0 Å². The monoisotopic (exact) mass is 265 g/mol. The number of nitrogens with one attached hydrogen (secondary N) is 1. The number of nitrogens with zero attached hydrogens (tertiary/aromatic N) is 4. The summed E-state index contributed by atoms with van der Waals surface area (Å²) in [6, 6.07) is 0.692. The summed E-state index contributed by atoms with van der Waals surface area (Å²) < 4.78 is 3.99. The van der Waals surface area contributed by atoms with Crippen LogP contribution in [0.3, 0.4) is 0 Å². The van der Waals surface area contributed by atoms with Crippen molar-refractivity contribution in [2.24, 2.45) is 7.05 Å². The second-order valence-corrected chi connectivity index (χ2v) is 5.07. The van der Waals surface area contributed by atoms with Crippen molar-refractivity contribution in [3.05, 3.63) is 35.4 Å². The second-order valence-electron chi connectivity index (χ2n) is 4.68. The quantitative estimate of drug-likeness (QED) is 0.893. The number of hydrogen-bond donors (Lipinski definition) is 1. The fraction of sp³-hybridized carbons (Fsp3) is 0.500. The van der Waals surface area contributed by atoms with Gasteiger partial charge in [0.15, 0.2) is 0 Å². The van der Waals surface area contributed by atoms with Crippen molar-refractivity contribution in [3.63, 3.8) is 0 Å². The Hall–Kier alpha value is -1.33. The van der Waals surface area contributed by atoms with E-state index in [9.17, 15) is 0 Å². The van der Waals surface area contributed by atoms with E-state index in [1.54, 1.807) is 6.20 Å². The fourth-order valence-electron chi connectivity index (χ4n) is 1.90. The molecule has 5 nitrogen and oxygen atoms in total. The fourth-order valence-corrected chi connectivity index (χ4v) is 2.04. The van der Waals surface area contributed by atoms with Crippen LogP contribution in [0.25, 0.3) is 0 Å². The highest BCUT2D eigenvalue weighted by molar-refractivity contribution is 6.29. The summed E-state index contributed by atoms with van der Waals surface area (Å²) in [5.74, 6) is 1.98. The lowest BCUT2D eigenvalue weighted by Gasteiger charge is -2.08. The summed E-state index contributed by atoms with van der Waals surface area (Å²) in [6.07, 6.45) is 8.06. The molecular weight excluding hydrogens is 250 g/mol. The third kappa shape index (κ3) is 2.42. The van der Waals surface area contributed by atoms with E-state index in [0.717, 1.165) is 18.2 Å². The molecule has 0 aromatic carbocycles. The minimum Gasteiger partial charge on any atom is -0.326 e. The Morgan fingerprint density at radius 3 is 2.89 bits per heavy atom. The van der Waals surface area contributed by atoms with Crippen molar-refractivity contribution in [3.8, 4) is 0 Å². The third-order valence-electron chi connectivity index (χ3n) is 3.27. The molecule has 18 heavy (non-hydrogen) atoms. The first-order valence-electron chi connectivity index (χ1n) is 6.13. The molecule has 96 valence electrons. The zero-order valence-corrected chi connectivity index (χ0v) is 11.1. The highest BCUT2D eigenvalue weighted by atomic mass is 35.5. The van der Waals surface area contributed by atoms with Crippen LogP contribution in [-0.4, -0.2) is 25.1 Å². The van der Waals surface area contributed by atoms with Crippen LogP contribution >= 0.6 is 11.6 Å². The molecule has 0 atom stereocenters. The van der Waals surface area contributed by atoms with Crippen LogP contribution < -0.4 is 5.32 Å². The summed E-state index contributed by atoms with van der Waals surface area (Å²) >= 11 is 5.98. The molecule has 2 aromatic heterocycles. The van der Waals surface area contributed by atoms with Gasteiger partial charge in [0.2, 0.25) is 0 Å². The number of aromatic nitrogens is 4. The van der Waals surface area contributed by atoms with E-state index in [1.165, 1.54) is 12.8 Å². The molecule has 3 rings (SSSR count). The molecule has 0 radical (unpaired) electrons. The molecule has 1 N–H and O–H groups in total.